The number of hydrogen-bond acceptors (Lipinski definition) is 9. The van der Waals surface area contributed by atoms with Gasteiger partial charge in [0.1, 0.15) is 12.1 Å². The number of ether oxygens (including phenoxy) is 2. The molecule has 52 heavy (non-hydrogen) atoms. The van der Waals surface area contributed by atoms with Crippen LogP contribution in [0.5, 0.6) is 0 Å². The van der Waals surface area contributed by atoms with Gasteiger partial charge in [0, 0.05) is 66.4 Å². The van der Waals surface area contributed by atoms with Gasteiger partial charge in [-0.05, 0) is 80.3 Å². The molecule has 1 saturated heterocycles. The van der Waals surface area contributed by atoms with Crippen LogP contribution < -0.4 is 10.7 Å². The lowest BCUT2D eigenvalue weighted by molar-refractivity contribution is -0.155. The zero-order valence-electron chi connectivity index (χ0n) is 31.4. The Bertz CT molecular complexity index is 1900. The van der Waals surface area contributed by atoms with E-state index < -0.39 is 17.5 Å². The van der Waals surface area contributed by atoms with Gasteiger partial charge in [0.25, 0.3) is 5.91 Å². The van der Waals surface area contributed by atoms with Crippen molar-refractivity contribution in [2.24, 2.45) is 28.2 Å². The number of benzene rings is 1. The Morgan fingerprint density at radius 3 is 2.73 bits per heavy atom. The second-order valence-corrected chi connectivity index (χ2v) is 16.9. The van der Waals surface area contributed by atoms with E-state index in [-0.39, 0.29) is 54.3 Å². The first-order valence-corrected chi connectivity index (χ1v) is 19.8. The Morgan fingerprint density at radius 2 is 2.00 bits per heavy atom. The van der Waals surface area contributed by atoms with Crippen LogP contribution in [0.25, 0.3) is 22.2 Å². The number of thioether (sulfide) groups is 1. The van der Waals surface area contributed by atoms with Crippen molar-refractivity contribution < 1.29 is 23.9 Å². The monoisotopic (exact) mass is 728 g/mol. The van der Waals surface area contributed by atoms with Crippen LogP contribution in [-0.4, -0.2) is 75.5 Å². The molecule has 5 heterocycles. The van der Waals surface area contributed by atoms with Crippen molar-refractivity contribution in [3.8, 4) is 11.3 Å². The maximum atomic E-state index is 14.1. The molecule has 2 amide bonds. The summed E-state index contributed by atoms with van der Waals surface area (Å²) in [4.78, 5) is 51.1. The van der Waals surface area contributed by atoms with Crippen LogP contribution in [0, 0.1) is 23.2 Å². The number of carbonyl (C=O) groups excluding carboxylic acids is 3. The number of aryl methyl sites for hydroxylation is 1. The van der Waals surface area contributed by atoms with E-state index in [1.807, 2.05) is 19.2 Å². The molecular weight excluding hydrogens is 677 g/mol. The van der Waals surface area contributed by atoms with Gasteiger partial charge in [0.15, 0.2) is 0 Å². The van der Waals surface area contributed by atoms with Gasteiger partial charge < -0.3 is 19.4 Å². The highest BCUT2D eigenvalue weighted by molar-refractivity contribution is 8.14. The molecular formula is C40H52N6O5S. The number of pyridine rings is 1. The van der Waals surface area contributed by atoms with Crippen molar-refractivity contribution >= 4 is 45.5 Å². The zero-order valence-corrected chi connectivity index (χ0v) is 32.2. The van der Waals surface area contributed by atoms with E-state index in [0.29, 0.717) is 32.2 Å². The number of nitrogens with zero attached hydrogens (tertiary/aromatic N) is 4. The first-order chi connectivity index (χ1) is 24.9. The molecule has 2 aromatic heterocycles. The van der Waals surface area contributed by atoms with Crippen molar-refractivity contribution in [3.05, 3.63) is 53.3 Å². The number of hydrogen-bond donors (Lipinski definition) is 2. The highest BCUT2D eigenvalue weighted by atomic mass is 32.2. The van der Waals surface area contributed by atoms with Crippen molar-refractivity contribution in [3.63, 3.8) is 0 Å². The number of aliphatic imine (C=N–C) groups is 1. The second-order valence-electron chi connectivity index (χ2n) is 15.8. The summed E-state index contributed by atoms with van der Waals surface area (Å²) in [7, 11) is 1.71. The van der Waals surface area contributed by atoms with Crippen LogP contribution in [0.1, 0.15) is 89.8 Å². The maximum Gasteiger partial charge on any atom is 0.324 e. The van der Waals surface area contributed by atoms with Gasteiger partial charge in [-0.2, -0.15) is 0 Å². The molecule has 3 aliphatic heterocycles. The lowest BCUT2D eigenvalue weighted by Gasteiger charge is -2.35. The summed E-state index contributed by atoms with van der Waals surface area (Å²) in [6.07, 6.45) is 3.75. The quantitative estimate of drug-likeness (QED) is 0.296. The molecule has 1 aliphatic carbocycles. The number of cyclic esters (lactones) is 1. The third kappa shape index (κ3) is 7.01. The number of carbonyl (C=O) groups is 3. The van der Waals surface area contributed by atoms with Crippen molar-refractivity contribution in [2.75, 3.05) is 26.0 Å². The third-order valence-electron chi connectivity index (χ3n) is 11.5. The second kappa shape index (κ2) is 14.6. The lowest BCUT2D eigenvalue weighted by Crippen LogP contribution is -2.60. The highest BCUT2D eigenvalue weighted by Crippen LogP contribution is 2.46. The first-order valence-electron chi connectivity index (χ1n) is 18.8. The molecule has 12 heteroatoms. The molecule has 11 nitrogen and oxygen atoms in total. The van der Waals surface area contributed by atoms with Crippen LogP contribution in [-0.2, 0) is 36.8 Å². The standard InChI is InChI=1S/C40H52N6O5S/c1-8-45-32-14-13-25-17-27(32)28(36(45)26-11-9-15-41-35(26)24(4)50-7)19-40(5,6)21-51-39(49)29-12-10-16-46(44-29)38(48)30(18-33-42-31(25)20-52-33)43-37(47)34-22(2)23(34)3/h9,11,13-15,17,22-24,29-31,34,44H,8,10,12,16,18-21H2,1-7H3,(H,43,47)/t22-,23+,24-,29-,30-,31?,34?/m0/s1. The minimum Gasteiger partial charge on any atom is -0.464 e. The highest BCUT2D eigenvalue weighted by Gasteiger charge is 2.49. The molecule has 0 radical (unpaired) electrons. The zero-order chi connectivity index (χ0) is 36.9. The van der Waals surface area contributed by atoms with Gasteiger partial charge in [-0.1, -0.05) is 33.8 Å². The number of nitrogens with one attached hydrogen (secondary N) is 2. The minimum atomic E-state index is -0.795. The van der Waals surface area contributed by atoms with Gasteiger partial charge in [-0.15, -0.1) is 11.8 Å². The molecule has 7 rings (SSSR count). The topological polar surface area (TPSA) is 127 Å². The maximum absolute atomic E-state index is 14.1. The van der Waals surface area contributed by atoms with E-state index in [9.17, 15) is 14.4 Å². The number of fused-ring (bicyclic) bond motifs is 5. The molecule has 6 bridgehead atoms. The molecule has 2 fully saturated rings. The summed E-state index contributed by atoms with van der Waals surface area (Å²) in [6, 6.07) is 9.20. The van der Waals surface area contributed by atoms with E-state index in [4.69, 9.17) is 19.5 Å². The fraction of sp³-hybridized carbons (Fsp3) is 0.575. The summed E-state index contributed by atoms with van der Waals surface area (Å²) >= 11 is 1.65. The Morgan fingerprint density at radius 1 is 1.21 bits per heavy atom. The Labute approximate surface area is 310 Å². The SMILES string of the molecule is CCn1c(-c2cccnc2[C@H](C)OC)c2c3cc(ccc31)C1CSC(=N1)C[C@H](NC(=O)C1[C@@H](C)[C@H]1C)C(=O)N1CCC[C@H](N1)C(=O)OCC(C)(C)C2. The first kappa shape index (κ1) is 36.6. The van der Waals surface area contributed by atoms with Gasteiger partial charge >= 0.3 is 5.97 Å². The Kier molecular flexibility index (Phi) is 10.3. The fourth-order valence-corrected chi connectivity index (χ4v) is 9.31. The van der Waals surface area contributed by atoms with Crippen LogP contribution in [0.4, 0.5) is 0 Å². The largest absolute Gasteiger partial charge is 0.464 e. The summed E-state index contributed by atoms with van der Waals surface area (Å²) in [6.45, 7) is 14.0. The van der Waals surface area contributed by atoms with Crippen molar-refractivity contribution in [1.29, 1.82) is 0 Å². The summed E-state index contributed by atoms with van der Waals surface area (Å²) in [5.74, 6) is 0.480. The fourth-order valence-electron chi connectivity index (χ4n) is 8.21. The Hall–Kier alpha value is -3.74. The normalized spacial score (nSPS) is 28.2. The average molecular weight is 729 g/mol. The molecule has 1 aromatic carbocycles. The van der Waals surface area contributed by atoms with E-state index in [1.54, 1.807) is 18.9 Å². The summed E-state index contributed by atoms with van der Waals surface area (Å²) in [5.41, 5.74) is 9.13. The molecule has 1 saturated carbocycles. The summed E-state index contributed by atoms with van der Waals surface area (Å²) < 4.78 is 14.2. The van der Waals surface area contributed by atoms with Crippen LogP contribution in [0.3, 0.4) is 0 Å². The number of amides is 2. The van der Waals surface area contributed by atoms with E-state index in [2.05, 4.69) is 74.2 Å². The van der Waals surface area contributed by atoms with Crippen LogP contribution >= 0.6 is 11.8 Å². The number of aromatic nitrogens is 2. The average Bonchev–Trinajstić information content (AvgIpc) is 3.43. The molecule has 278 valence electrons. The molecule has 2 N–H and O–H groups in total. The smallest absolute Gasteiger partial charge is 0.324 e. The van der Waals surface area contributed by atoms with E-state index >= 15 is 0 Å². The molecule has 3 aromatic rings. The number of esters is 1. The van der Waals surface area contributed by atoms with Gasteiger partial charge in [0.05, 0.1) is 35.2 Å². The van der Waals surface area contributed by atoms with E-state index in [0.717, 1.165) is 50.8 Å². The predicted octanol–water partition coefficient (Wildman–Crippen LogP) is 6.02. The molecule has 4 aliphatic rings. The minimum absolute atomic E-state index is 0.0894. The predicted molar refractivity (Wildman–Crippen MR) is 204 cm³/mol. The lowest BCUT2D eigenvalue weighted by atomic mass is 9.84. The molecule has 0 spiro atoms. The third-order valence-corrected chi connectivity index (χ3v) is 12.6. The van der Waals surface area contributed by atoms with Crippen molar-refractivity contribution in [2.45, 2.75) is 98.0 Å². The van der Waals surface area contributed by atoms with Crippen molar-refractivity contribution in [1.82, 2.24) is 25.3 Å². The van der Waals surface area contributed by atoms with Crippen LogP contribution in [0.2, 0.25) is 0 Å². The van der Waals surface area contributed by atoms with Gasteiger partial charge in [0.2, 0.25) is 5.91 Å². The van der Waals surface area contributed by atoms with E-state index in [1.165, 1.54) is 10.6 Å². The molecule has 2 unspecified atom stereocenters. The number of rotatable bonds is 6. The summed E-state index contributed by atoms with van der Waals surface area (Å²) in [5, 5.41) is 6.59. The Balaban J connectivity index is 1.33. The number of hydrazine groups is 1. The molecule has 7 atom stereocenters. The van der Waals surface area contributed by atoms with Gasteiger partial charge in [-0.3, -0.25) is 29.4 Å². The van der Waals surface area contributed by atoms with Gasteiger partial charge in [-0.25, -0.2) is 5.43 Å². The number of methoxy groups -OCH3 is 1. The van der Waals surface area contributed by atoms with Crippen LogP contribution in [0.15, 0.2) is 41.5 Å².